The number of halogens is 2. The first kappa shape index (κ1) is 8.39. The number of benzene rings is 1. The highest BCUT2D eigenvalue weighted by atomic mass is 35.5. The van der Waals surface area contributed by atoms with Crippen LogP contribution in [-0.2, 0) is 5.88 Å². The van der Waals surface area contributed by atoms with Crippen molar-refractivity contribution in [3.05, 3.63) is 34.3 Å². The summed E-state index contributed by atoms with van der Waals surface area (Å²) in [5.74, 6) is 0.323. The van der Waals surface area contributed by atoms with Gasteiger partial charge in [-0.1, -0.05) is 11.6 Å². The Kier molecular flexibility index (Phi) is 2.76. The maximum atomic E-state index is 8.59. The molecule has 0 radical (unpaired) electrons. The quantitative estimate of drug-likeness (QED) is 0.618. The fourth-order valence-electron chi connectivity index (χ4n) is 0.782. The number of alkyl halides is 1. The first-order chi connectivity index (χ1) is 5.27. The summed E-state index contributed by atoms with van der Waals surface area (Å²) >= 11 is 11.3. The minimum atomic E-state index is 0.323. The molecule has 0 amide bonds. The Bertz CT molecular complexity index is 301. The molecule has 0 saturated carbocycles. The van der Waals surface area contributed by atoms with E-state index in [0.29, 0.717) is 16.5 Å². The molecule has 0 aliphatic carbocycles. The summed E-state index contributed by atoms with van der Waals surface area (Å²) in [5.41, 5.74) is 1.37. The fourth-order valence-corrected chi connectivity index (χ4v) is 1.20. The predicted molar refractivity (Wildman–Crippen MR) is 45.7 cm³/mol. The molecule has 1 rings (SSSR count). The molecule has 0 aliphatic heterocycles. The van der Waals surface area contributed by atoms with Crippen LogP contribution in [0.15, 0.2) is 18.2 Å². The van der Waals surface area contributed by atoms with Crippen LogP contribution in [0.5, 0.6) is 0 Å². The first-order valence-electron chi connectivity index (χ1n) is 3.02. The summed E-state index contributed by atoms with van der Waals surface area (Å²) in [7, 11) is 0. The lowest BCUT2D eigenvalue weighted by atomic mass is 10.1. The van der Waals surface area contributed by atoms with E-state index in [2.05, 4.69) is 0 Å². The molecule has 0 aliphatic rings. The van der Waals surface area contributed by atoms with E-state index in [4.69, 9.17) is 28.5 Å². The Hall–Kier alpha value is -0.710. The van der Waals surface area contributed by atoms with Crippen LogP contribution in [0.3, 0.4) is 0 Å². The van der Waals surface area contributed by atoms with Crippen LogP contribution in [0.4, 0.5) is 0 Å². The highest BCUT2D eigenvalue weighted by Crippen LogP contribution is 2.16. The molecule has 1 aromatic carbocycles. The minimum Gasteiger partial charge on any atom is -0.192 e. The highest BCUT2D eigenvalue weighted by Gasteiger charge is 1.99. The maximum Gasteiger partial charge on any atom is 0.0994 e. The van der Waals surface area contributed by atoms with Crippen molar-refractivity contribution in [1.29, 1.82) is 5.26 Å². The lowest BCUT2D eigenvalue weighted by Gasteiger charge is -1.97. The fraction of sp³-hybridized carbons (Fsp3) is 0.125. The molecule has 0 heterocycles. The van der Waals surface area contributed by atoms with E-state index in [1.807, 2.05) is 6.07 Å². The third-order valence-corrected chi connectivity index (χ3v) is 1.85. The topological polar surface area (TPSA) is 23.8 Å². The molecule has 0 aromatic heterocycles. The third-order valence-electron chi connectivity index (χ3n) is 1.33. The molecule has 1 aromatic rings. The Morgan fingerprint density at radius 3 is 2.73 bits per heavy atom. The lowest BCUT2D eigenvalue weighted by molar-refractivity contribution is 1.35. The molecule has 0 atom stereocenters. The van der Waals surface area contributed by atoms with Gasteiger partial charge in [0.05, 0.1) is 11.6 Å². The van der Waals surface area contributed by atoms with Gasteiger partial charge < -0.3 is 0 Å². The van der Waals surface area contributed by atoms with Gasteiger partial charge in [-0.25, -0.2) is 0 Å². The van der Waals surface area contributed by atoms with Gasteiger partial charge in [0.2, 0.25) is 0 Å². The van der Waals surface area contributed by atoms with Crippen LogP contribution in [0.1, 0.15) is 11.1 Å². The van der Waals surface area contributed by atoms with Crippen molar-refractivity contribution >= 4 is 23.2 Å². The number of nitrogens with zero attached hydrogens (tertiary/aromatic N) is 1. The molecule has 11 heavy (non-hydrogen) atoms. The summed E-state index contributed by atoms with van der Waals surface area (Å²) < 4.78 is 0. The van der Waals surface area contributed by atoms with Crippen molar-refractivity contribution in [1.82, 2.24) is 0 Å². The molecule has 0 unspecified atom stereocenters. The summed E-state index contributed by atoms with van der Waals surface area (Å²) in [5, 5.41) is 9.20. The highest BCUT2D eigenvalue weighted by molar-refractivity contribution is 6.30. The molecule has 1 nitrogen and oxygen atoms in total. The molecule has 0 spiro atoms. The van der Waals surface area contributed by atoms with Gasteiger partial charge in [0, 0.05) is 10.9 Å². The van der Waals surface area contributed by atoms with Gasteiger partial charge in [0.1, 0.15) is 0 Å². The van der Waals surface area contributed by atoms with E-state index in [0.717, 1.165) is 5.56 Å². The molecule has 0 saturated heterocycles. The smallest absolute Gasteiger partial charge is 0.0994 e. The van der Waals surface area contributed by atoms with Gasteiger partial charge in [-0.2, -0.15) is 5.26 Å². The summed E-state index contributed by atoms with van der Waals surface area (Å²) in [4.78, 5) is 0. The second-order valence-corrected chi connectivity index (χ2v) is 2.75. The summed E-state index contributed by atoms with van der Waals surface area (Å²) in [6.45, 7) is 0. The Morgan fingerprint density at radius 2 is 2.18 bits per heavy atom. The van der Waals surface area contributed by atoms with Gasteiger partial charge in [-0.3, -0.25) is 0 Å². The van der Waals surface area contributed by atoms with Crippen LogP contribution in [0, 0.1) is 11.3 Å². The standard InChI is InChI=1S/C8H5Cl2N/c9-4-7-3-8(10)2-1-6(7)5-11/h1-3H,4H2. The molecule has 3 heteroatoms. The van der Waals surface area contributed by atoms with Crippen LogP contribution in [0.2, 0.25) is 5.02 Å². The second-order valence-electron chi connectivity index (χ2n) is 2.05. The Morgan fingerprint density at radius 1 is 1.45 bits per heavy atom. The van der Waals surface area contributed by atoms with E-state index in [-0.39, 0.29) is 0 Å². The molecule has 0 N–H and O–H groups in total. The predicted octanol–water partition coefficient (Wildman–Crippen LogP) is 2.95. The van der Waals surface area contributed by atoms with E-state index < -0.39 is 0 Å². The SMILES string of the molecule is N#Cc1ccc(Cl)cc1CCl. The zero-order chi connectivity index (χ0) is 8.27. The van der Waals surface area contributed by atoms with E-state index in [1.165, 1.54) is 0 Å². The average Bonchev–Trinajstić information content (AvgIpc) is 2.04. The number of rotatable bonds is 1. The number of hydrogen-bond acceptors (Lipinski definition) is 1. The van der Waals surface area contributed by atoms with Crippen molar-refractivity contribution in [2.45, 2.75) is 5.88 Å². The van der Waals surface area contributed by atoms with Gasteiger partial charge >= 0.3 is 0 Å². The van der Waals surface area contributed by atoms with E-state index >= 15 is 0 Å². The van der Waals surface area contributed by atoms with Crippen molar-refractivity contribution in [2.75, 3.05) is 0 Å². The van der Waals surface area contributed by atoms with Crippen LogP contribution >= 0.6 is 23.2 Å². The molecule has 56 valence electrons. The van der Waals surface area contributed by atoms with Crippen molar-refractivity contribution in [3.63, 3.8) is 0 Å². The average molecular weight is 186 g/mol. The number of nitriles is 1. The van der Waals surface area contributed by atoms with Gasteiger partial charge in [-0.05, 0) is 23.8 Å². The molecule has 0 bridgehead atoms. The monoisotopic (exact) mass is 185 g/mol. The van der Waals surface area contributed by atoms with E-state index in [1.54, 1.807) is 18.2 Å². The van der Waals surface area contributed by atoms with Crippen molar-refractivity contribution < 1.29 is 0 Å². The molecular weight excluding hydrogens is 181 g/mol. The Labute approximate surface area is 75.2 Å². The van der Waals surface area contributed by atoms with Crippen LogP contribution in [0.25, 0.3) is 0 Å². The summed E-state index contributed by atoms with van der Waals surface area (Å²) in [6, 6.07) is 7.08. The zero-order valence-corrected chi connectivity index (χ0v) is 7.15. The van der Waals surface area contributed by atoms with Gasteiger partial charge in [0.15, 0.2) is 0 Å². The zero-order valence-electron chi connectivity index (χ0n) is 5.64. The maximum absolute atomic E-state index is 8.59. The normalized spacial score (nSPS) is 9.18. The lowest BCUT2D eigenvalue weighted by Crippen LogP contribution is -1.84. The molecular formula is C8H5Cl2N. The van der Waals surface area contributed by atoms with Gasteiger partial charge in [0.25, 0.3) is 0 Å². The molecule has 0 fully saturated rings. The largest absolute Gasteiger partial charge is 0.192 e. The first-order valence-corrected chi connectivity index (χ1v) is 3.93. The minimum absolute atomic E-state index is 0.323. The summed E-state index contributed by atoms with van der Waals surface area (Å²) in [6.07, 6.45) is 0. The van der Waals surface area contributed by atoms with Gasteiger partial charge in [-0.15, -0.1) is 11.6 Å². The van der Waals surface area contributed by atoms with Crippen molar-refractivity contribution in [2.24, 2.45) is 0 Å². The second kappa shape index (κ2) is 3.61. The van der Waals surface area contributed by atoms with Crippen LogP contribution < -0.4 is 0 Å². The van der Waals surface area contributed by atoms with Crippen molar-refractivity contribution in [3.8, 4) is 6.07 Å². The third kappa shape index (κ3) is 1.86. The Balaban J connectivity index is 3.19. The number of hydrogen-bond donors (Lipinski definition) is 0. The van der Waals surface area contributed by atoms with Crippen LogP contribution in [-0.4, -0.2) is 0 Å². The van der Waals surface area contributed by atoms with E-state index in [9.17, 15) is 0 Å².